The highest BCUT2D eigenvalue weighted by Crippen LogP contribution is 2.17. The first-order valence-corrected chi connectivity index (χ1v) is 6.98. The smallest absolute Gasteiger partial charge is 0.272 e. The van der Waals surface area contributed by atoms with Gasteiger partial charge in [-0.25, -0.2) is 0 Å². The summed E-state index contributed by atoms with van der Waals surface area (Å²) in [7, 11) is 0. The van der Waals surface area contributed by atoms with E-state index in [1.807, 2.05) is 29.8 Å². The van der Waals surface area contributed by atoms with Crippen molar-refractivity contribution in [1.29, 1.82) is 0 Å². The summed E-state index contributed by atoms with van der Waals surface area (Å²) in [5.41, 5.74) is 2.38. The van der Waals surface area contributed by atoms with Crippen molar-refractivity contribution in [1.82, 2.24) is 9.55 Å². The summed E-state index contributed by atoms with van der Waals surface area (Å²) in [6.45, 7) is 4.85. The number of nitrogens with one attached hydrogen (secondary N) is 1. The zero-order valence-electron chi connectivity index (χ0n) is 11.0. The van der Waals surface area contributed by atoms with Crippen LogP contribution in [-0.4, -0.2) is 15.5 Å². The van der Waals surface area contributed by atoms with Gasteiger partial charge >= 0.3 is 0 Å². The van der Waals surface area contributed by atoms with E-state index in [4.69, 9.17) is 0 Å². The van der Waals surface area contributed by atoms with Gasteiger partial charge in [0.15, 0.2) is 0 Å². The van der Waals surface area contributed by atoms with Gasteiger partial charge in [-0.1, -0.05) is 6.92 Å². The van der Waals surface area contributed by atoms with Crippen LogP contribution in [0, 0.1) is 6.92 Å². The quantitative estimate of drug-likeness (QED) is 0.934. The Kier molecular flexibility index (Phi) is 4.37. The number of carbonyl (C=O) groups is 1. The highest BCUT2D eigenvalue weighted by Gasteiger charge is 2.13. The summed E-state index contributed by atoms with van der Waals surface area (Å²) in [6, 6.07) is 3.72. The Hall–Kier alpha value is -1.62. The lowest BCUT2D eigenvalue weighted by atomic mass is 10.3. The van der Waals surface area contributed by atoms with Gasteiger partial charge in [-0.3, -0.25) is 9.78 Å². The molecule has 0 atom stereocenters. The average molecular weight is 322 g/mol. The third-order valence-corrected chi connectivity index (χ3v) is 3.13. The average Bonchev–Trinajstić information content (AvgIpc) is 2.71. The van der Waals surface area contributed by atoms with E-state index < -0.39 is 0 Å². The number of hydrogen-bond donors (Lipinski definition) is 1. The first kappa shape index (κ1) is 13.8. The van der Waals surface area contributed by atoms with Gasteiger partial charge in [0.05, 0.1) is 11.9 Å². The van der Waals surface area contributed by atoms with E-state index in [2.05, 4.69) is 33.2 Å². The van der Waals surface area contributed by atoms with Crippen LogP contribution < -0.4 is 5.32 Å². The molecular weight excluding hydrogens is 306 g/mol. The van der Waals surface area contributed by atoms with Crippen LogP contribution in [0.3, 0.4) is 0 Å². The van der Waals surface area contributed by atoms with Gasteiger partial charge < -0.3 is 9.88 Å². The number of carbonyl (C=O) groups excluding carboxylic acids is 1. The molecule has 2 rings (SSSR count). The fourth-order valence-corrected chi connectivity index (χ4v) is 2.37. The Bertz CT molecular complexity index is 592. The van der Waals surface area contributed by atoms with Crippen LogP contribution >= 0.6 is 15.9 Å². The minimum absolute atomic E-state index is 0.119. The van der Waals surface area contributed by atoms with Gasteiger partial charge in [0, 0.05) is 23.4 Å². The predicted octanol–water partition coefficient (Wildman–Crippen LogP) is 3.62. The van der Waals surface area contributed by atoms with Gasteiger partial charge in [0.1, 0.15) is 5.69 Å². The van der Waals surface area contributed by atoms with Crippen LogP contribution in [0.4, 0.5) is 5.69 Å². The Morgan fingerprint density at radius 2 is 2.21 bits per heavy atom. The Labute approximate surface area is 121 Å². The van der Waals surface area contributed by atoms with E-state index >= 15 is 0 Å². The molecule has 0 aromatic carbocycles. The van der Waals surface area contributed by atoms with Crippen LogP contribution in [0.25, 0.3) is 0 Å². The number of hydrogen-bond acceptors (Lipinski definition) is 2. The topological polar surface area (TPSA) is 46.9 Å². The monoisotopic (exact) mass is 321 g/mol. The zero-order valence-corrected chi connectivity index (χ0v) is 12.6. The van der Waals surface area contributed by atoms with Gasteiger partial charge in [-0.05, 0) is 47.0 Å². The highest BCUT2D eigenvalue weighted by molar-refractivity contribution is 9.10. The summed E-state index contributed by atoms with van der Waals surface area (Å²) in [4.78, 5) is 16.3. The van der Waals surface area contributed by atoms with Crippen LogP contribution in [-0.2, 0) is 6.54 Å². The summed E-state index contributed by atoms with van der Waals surface area (Å²) >= 11 is 3.41. The van der Waals surface area contributed by atoms with Crippen molar-refractivity contribution >= 4 is 27.5 Å². The molecule has 2 aromatic heterocycles. The predicted molar refractivity (Wildman–Crippen MR) is 79.4 cm³/mol. The maximum Gasteiger partial charge on any atom is 0.272 e. The molecule has 1 amide bonds. The number of aryl methyl sites for hydroxylation is 2. The number of rotatable bonds is 4. The van der Waals surface area contributed by atoms with Crippen LogP contribution in [0.15, 0.2) is 35.2 Å². The molecule has 0 unspecified atom stereocenters. The first-order chi connectivity index (χ1) is 9.10. The molecule has 2 heterocycles. The molecule has 5 heteroatoms. The third kappa shape index (κ3) is 3.44. The summed E-state index contributed by atoms with van der Waals surface area (Å²) in [5, 5.41) is 2.87. The molecule has 0 aliphatic carbocycles. The lowest BCUT2D eigenvalue weighted by molar-refractivity contribution is 0.101. The van der Waals surface area contributed by atoms with Crippen LogP contribution in [0.2, 0.25) is 0 Å². The molecule has 0 aliphatic heterocycles. The molecule has 4 nitrogen and oxygen atoms in total. The van der Waals surface area contributed by atoms with E-state index in [9.17, 15) is 4.79 Å². The van der Waals surface area contributed by atoms with Crippen LogP contribution in [0.1, 0.15) is 29.4 Å². The van der Waals surface area contributed by atoms with Crippen molar-refractivity contribution in [3.8, 4) is 0 Å². The van der Waals surface area contributed by atoms with Gasteiger partial charge in [-0.15, -0.1) is 0 Å². The van der Waals surface area contributed by atoms with Crippen LogP contribution in [0.5, 0.6) is 0 Å². The van der Waals surface area contributed by atoms with E-state index in [0.717, 1.165) is 23.0 Å². The second kappa shape index (κ2) is 6.02. The lowest BCUT2D eigenvalue weighted by Crippen LogP contribution is -2.16. The van der Waals surface area contributed by atoms with E-state index in [-0.39, 0.29) is 5.91 Å². The first-order valence-electron chi connectivity index (χ1n) is 6.19. The Morgan fingerprint density at radius 3 is 2.89 bits per heavy atom. The molecule has 100 valence electrons. The third-order valence-electron chi connectivity index (χ3n) is 2.69. The molecule has 0 radical (unpaired) electrons. The molecule has 0 spiro atoms. The standard InChI is InChI=1S/C14H16BrN3O/c1-3-4-18-9-11(15)6-13(18)14(19)17-12-5-10(2)7-16-8-12/h5-9H,3-4H2,1-2H3,(H,17,19). The second-order valence-corrected chi connectivity index (χ2v) is 5.36. The van der Waals surface area contributed by atoms with E-state index in [1.165, 1.54) is 0 Å². The molecule has 0 fully saturated rings. The number of amides is 1. The number of anilines is 1. The minimum Gasteiger partial charge on any atom is -0.342 e. The largest absolute Gasteiger partial charge is 0.342 e. The fourth-order valence-electron chi connectivity index (χ4n) is 1.91. The molecular formula is C14H16BrN3O. The van der Waals surface area contributed by atoms with Crippen molar-refractivity contribution in [2.24, 2.45) is 0 Å². The normalized spacial score (nSPS) is 10.5. The molecule has 19 heavy (non-hydrogen) atoms. The Morgan fingerprint density at radius 1 is 1.42 bits per heavy atom. The van der Waals surface area contributed by atoms with Gasteiger partial charge in [-0.2, -0.15) is 0 Å². The zero-order chi connectivity index (χ0) is 13.8. The van der Waals surface area contributed by atoms with Crippen molar-refractivity contribution in [2.75, 3.05) is 5.32 Å². The number of halogens is 1. The van der Waals surface area contributed by atoms with Crippen molar-refractivity contribution in [3.63, 3.8) is 0 Å². The van der Waals surface area contributed by atoms with Crippen molar-refractivity contribution in [3.05, 3.63) is 46.5 Å². The lowest BCUT2D eigenvalue weighted by Gasteiger charge is -2.08. The maximum atomic E-state index is 12.3. The van der Waals surface area contributed by atoms with Gasteiger partial charge in [0.25, 0.3) is 5.91 Å². The highest BCUT2D eigenvalue weighted by atomic mass is 79.9. The van der Waals surface area contributed by atoms with Crippen molar-refractivity contribution < 1.29 is 4.79 Å². The maximum absolute atomic E-state index is 12.3. The second-order valence-electron chi connectivity index (χ2n) is 4.44. The Balaban J connectivity index is 2.20. The summed E-state index contributed by atoms with van der Waals surface area (Å²) < 4.78 is 2.86. The van der Waals surface area contributed by atoms with Gasteiger partial charge in [0.2, 0.25) is 0 Å². The molecule has 0 saturated heterocycles. The van der Waals surface area contributed by atoms with E-state index in [0.29, 0.717) is 11.4 Å². The SMILES string of the molecule is CCCn1cc(Br)cc1C(=O)Nc1cncc(C)c1. The number of pyridine rings is 1. The molecule has 0 saturated carbocycles. The van der Waals surface area contributed by atoms with E-state index in [1.54, 1.807) is 12.4 Å². The fraction of sp³-hybridized carbons (Fsp3) is 0.286. The summed E-state index contributed by atoms with van der Waals surface area (Å²) in [5.74, 6) is -0.119. The number of nitrogens with zero attached hydrogens (tertiary/aromatic N) is 2. The summed E-state index contributed by atoms with van der Waals surface area (Å²) in [6.07, 6.45) is 6.30. The minimum atomic E-state index is -0.119. The molecule has 0 aliphatic rings. The molecule has 2 aromatic rings. The number of aromatic nitrogens is 2. The molecule has 1 N–H and O–H groups in total. The van der Waals surface area contributed by atoms with Crippen molar-refractivity contribution in [2.45, 2.75) is 26.8 Å². The molecule has 0 bridgehead atoms.